The Morgan fingerprint density at radius 2 is 1.70 bits per heavy atom. The van der Waals surface area contributed by atoms with Crippen LogP contribution >= 0.6 is 23.2 Å². The average Bonchev–Trinajstić information content (AvgIpc) is 3.63. The lowest BCUT2D eigenvalue weighted by molar-refractivity contribution is -0.138. The summed E-state index contributed by atoms with van der Waals surface area (Å²) in [5, 5.41) is 9.88. The number of hydrogen-bond donors (Lipinski definition) is 1. The van der Waals surface area contributed by atoms with E-state index in [1.165, 1.54) is 13.1 Å². The van der Waals surface area contributed by atoms with E-state index in [9.17, 15) is 28.7 Å². The van der Waals surface area contributed by atoms with Crippen molar-refractivity contribution in [1.82, 2.24) is 9.88 Å². The van der Waals surface area contributed by atoms with Crippen molar-refractivity contribution < 1.29 is 33.1 Å². The number of hydrogen-bond acceptors (Lipinski definition) is 7. The number of amides is 4. The molecule has 8 rings (SSSR count). The van der Waals surface area contributed by atoms with Crippen molar-refractivity contribution in [1.29, 1.82) is 0 Å². The number of allylic oxidation sites excluding steroid dienone is 2. The first-order chi connectivity index (χ1) is 22.0. The molecule has 3 aromatic carbocycles. The number of imide groups is 2. The molecule has 232 valence electrons. The van der Waals surface area contributed by atoms with Crippen LogP contribution in [0.1, 0.15) is 24.3 Å². The SMILES string of the molecule is CN1C(=O)[C@]2(Cl)C[C@@H]3C(=CC[C@@H]4C(=O)N(c5ccc(-c6nc7ccccc7o6)cc5)C(=O)[C@@H]43)[C@H](c3ccc(O)c(F)c3)[C@]2(Cl)C1=O. The first-order valence-corrected chi connectivity index (χ1v) is 15.4. The first kappa shape index (κ1) is 28.9. The van der Waals surface area contributed by atoms with E-state index in [-0.39, 0.29) is 18.4 Å². The van der Waals surface area contributed by atoms with Crippen LogP contribution in [0.15, 0.2) is 82.8 Å². The van der Waals surface area contributed by atoms with Crippen molar-refractivity contribution in [2.45, 2.75) is 28.5 Å². The van der Waals surface area contributed by atoms with Gasteiger partial charge in [-0.1, -0.05) is 29.8 Å². The number of anilines is 1. The van der Waals surface area contributed by atoms with Crippen LogP contribution in [0.5, 0.6) is 5.75 Å². The summed E-state index contributed by atoms with van der Waals surface area (Å²) in [6.45, 7) is 0. The van der Waals surface area contributed by atoms with Gasteiger partial charge in [-0.15, -0.1) is 23.2 Å². The zero-order valence-corrected chi connectivity index (χ0v) is 25.6. The second-order valence-corrected chi connectivity index (χ2v) is 13.5. The normalized spacial score (nSPS) is 30.5. The highest BCUT2D eigenvalue weighted by atomic mass is 35.5. The second kappa shape index (κ2) is 9.73. The van der Waals surface area contributed by atoms with Gasteiger partial charge in [-0.3, -0.25) is 29.0 Å². The minimum atomic E-state index is -2.04. The maximum absolute atomic E-state index is 14.7. The fourth-order valence-electron chi connectivity index (χ4n) is 7.82. The predicted molar refractivity (Wildman–Crippen MR) is 165 cm³/mol. The van der Waals surface area contributed by atoms with Gasteiger partial charge in [0, 0.05) is 18.5 Å². The molecule has 9 nitrogen and oxygen atoms in total. The highest BCUT2D eigenvalue weighted by Gasteiger charge is 2.75. The molecule has 0 spiro atoms. The van der Waals surface area contributed by atoms with Gasteiger partial charge in [0.25, 0.3) is 11.8 Å². The number of rotatable bonds is 3. The van der Waals surface area contributed by atoms with Gasteiger partial charge < -0.3 is 9.52 Å². The van der Waals surface area contributed by atoms with Gasteiger partial charge in [0.05, 0.1) is 17.5 Å². The molecule has 2 saturated heterocycles. The Morgan fingerprint density at radius 1 is 0.957 bits per heavy atom. The van der Waals surface area contributed by atoms with Gasteiger partial charge >= 0.3 is 0 Å². The zero-order chi connectivity index (χ0) is 32.3. The summed E-state index contributed by atoms with van der Waals surface area (Å²) in [6.07, 6.45) is 1.75. The molecule has 3 fully saturated rings. The number of oxazole rings is 1. The summed E-state index contributed by atoms with van der Waals surface area (Å²) < 4.78 is 20.6. The van der Waals surface area contributed by atoms with Gasteiger partial charge in [-0.05, 0) is 72.9 Å². The molecular formula is C34H24Cl2FN3O6. The van der Waals surface area contributed by atoms with Crippen LogP contribution in [0, 0.1) is 23.6 Å². The first-order valence-electron chi connectivity index (χ1n) is 14.7. The Balaban J connectivity index is 1.18. The van der Waals surface area contributed by atoms with Gasteiger partial charge in [0.1, 0.15) is 5.52 Å². The predicted octanol–water partition coefficient (Wildman–Crippen LogP) is 5.53. The molecule has 0 radical (unpaired) electrons. The third-order valence-corrected chi connectivity index (χ3v) is 11.4. The maximum Gasteiger partial charge on any atom is 0.253 e. The maximum atomic E-state index is 14.7. The lowest BCUT2D eigenvalue weighted by Crippen LogP contribution is -2.60. The van der Waals surface area contributed by atoms with Gasteiger partial charge in [0.2, 0.25) is 17.7 Å². The minimum Gasteiger partial charge on any atom is -0.505 e. The average molecular weight is 660 g/mol. The Morgan fingerprint density at radius 3 is 2.41 bits per heavy atom. The van der Waals surface area contributed by atoms with Crippen molar-refractivity contribution >= 4 is 63.6 Å². The summed E-state index contributed by atoms with van der Waals surface area (Å²) in [7, 11) is 1.28. The van der Waals surface area contributed by atoms with Crippen molar-refractivity contribution in [2.24, 2.45) is 17.8 Å². The summed E-state index contributed by atoms with van der Waals surface area (Å²) in [5.41, 5.74) is 3.09. The number of carbonyl (C=O) groups is 4. The van der Waals surface area contributed by atoms with Crippen molar-refractivity contribution in [3.8, 4) is 17.2 Å². The number of aromatic nitrogens is 1. The van der Waals surface area contributed by atoms with E-state index in [1.807, 2.05) is 24.3 Å². The van der Waals surface area contributed by atoms with Crippen LogP contribution in [-0.4, -0.2) is 55.4 Å². The third-order valence-electron chi connectivity index (χ3n) is 9.99. The number of alkyl halides is 2. The van der Waals surface area contributed by atoms with Gasteiger partial charge in [0.15, 0.2) is 26.9 Å². The molecule has 2 aliphatic heterocycles. The zero-order valence-electron chi connectivity index (χ0n) is 24.1. The van der Waals surface area contributed by atoms with E-state index >= 15 is 0 Å². The molecule has 0 bridgehead atoms. The summed E-state index contributed by atoms with van der Waals surface area (Å²) in [5.74, 6) is -7.02. The highest BCUT2D eigenvalue weighted by Crippen LogP contribution is 2.65. The molecule has 4 aromatic rings. The van der Waals surface area contributed by atoms with Crippen molar-refractivity contribution in [3.63, 3.8) is 0 Å². The molecule has 12 heteroatoms. The molecule has 1 saturated carbocycles. The molecule has 0 unspecified atom stereocenters. The standard InChI is InChI=1S/C34H24Cl2FN3O6/c1-39-31(44)33(35)15-21-19(27(34(33,36)32(39)45)17-8-13-24(41)22(37)14-17)11-12-20-26(21)30(43)40(29(20)42)18-9-6-16(7-10-18)28-38-23-4-2-3-5-25(23)46-28/h2-11,13-14,20-21,26-27,41H,12,15H2,1H3/t20-,21+,26-,27-,33+,34-/m0/s1. The number of nitrogens with zero attached hydrogens (tertiary/aromatic N) is 3. The van der Waals surface area contributed by atoms with Crippen molar-refractivity contribution in [3.05, 3.63) is 89.8 Å². The smallest absolute Gasteiger partial charge is 0.253 e. The lowest BCUT2D eigenvalue weighted by Gasteiger charge is -2.50. The molecule has 4 amide bonds. The number of halogens is 3. The van der Waals surface area contributed by atoms with E-state index in [2.05, 4.69) is 4.98 Å². The quantitative estimate of drug-likeness (QED) is 0.174. The highest BCUT2D eigenvalue weighted by molar-refractivity contribution is 6.53. The van der Waals surface area contributed by atoms with Gasteiger partial charge in [-0.2, -0.15) is 0 Å². The van der Waals surface area contributed by atoms with Crippen LogP contribution < -0.4 is 4.90 Å². The topological polar surface area (TPSA) is 121 Å². The fraction of sp³-hybridized carbons (Fsp3) is 0.265. The van der Waals surface area contributed by atoms with Crippen LogP contribution in [0.25, 0.3) is 22.6 Å². The summed E-state index contributed by atoms with van der Waals surface area (Å²) in [4.78, 5) is 57.8. The monoisotopic (exact) mass is 659 g/mol. The largest absolute Gasteiger partial charge is 0.505 e. The number of benzene rings is 3. The third kappa shape index (κ3) is 3.65. The minimum absolute atomic E-state index is 0.163. The Bertz CT molecular complexity index is 2030. The van der Waals surface area contributed by atoms with Crippen LogP contribution in [-0.2, 0) is 19.2 Å². The molecule has 2 aliphatic carbocycles. The van der Waals surface area contributed by atoms with E-state index < -0.39 is 68.6 Å². The molecule has 1 aromatic heterocycles. The number of para-hydroxylation sites is 2. The van der Waals surface area contributed by atoms with E-state index in [0.29, 0.717) is 33.8 Å². The summed E-state index contributed by atoms with van der Waals surface area (Å²) in [6, 6.07) is 17.7. The summed E-state index contributed by atoms with van der Waals surface area (Å²) >= 11 is 14.2. The van der Waals surface area contributed by atoms with Crippen LogP contribution in [0.2, 0.25) is 0 Å². The molecule has 1 N–H and O–H groups in total. The number of likely N-dealkylation sites (tertiary alicyclic amines) is 1. The molecule has 4 aliphatic rings. The van der Waals surface area contributed by atoms with Crippen molar-refractivity contribution in [2.75, 3.05) is 11.9 Å². The molecule has 46 heavy (non-hydrogen) atoms. The van der Waals surface area contributed by atoms with E-state index in [0.717, 1.165) is 21.9 Å². The van der Waals surface area contributed by atoms with Crippen LogP contribution in [0.3, 0.4) is 0 Å². The molecular weight excluding hydrogens is 636 g/mol. The van der Waals surface area contributed by atoms with E-state index in [1.54, 1.807) is 30.3 Å². The number of aromatic hydroxyl groups is 1. The number of carbonyl (C=O) groups excluding carboxylic acids is 4. The number of fused-ring (bicyclic) bond motifs is 5. The number of phenols is 1. The Hall–Kier alpha value is -4.54. The van der Waals surface area contributed by atoms with Crippen LogP contribution in [0.4, 0.5) is 10.1 Å². The Kier molecular flexibility index (Phi) is 6.11. The molecule has 3 heterocycles. The number of phenolic OH excluding ortho intramolecular Hbond substituents is 1. The second-order valence-electron chi connectivity index (χ2n) is 12.3. The van der Waals surface area contributed by atoms with Gasteiger partial charge in [-0.25, -0.2) is 9.37 Å². The fourth-order valence-corrected chi connectivity index (χ4v) is 8.84. The van der Waals surface area contributed by atoms with E-state index in [4.69, 9.17) is 27.6 Å². The lowest BCUT2D eigenvalue weighted by atomic mass is 9.56. The Labute approximate surface area is 271 Å². The molecule has 6 atom stereocenters.